The smallest absolute Gasteiger partial charge is 0.406 e. The molecule has 0 aromatic carbocycles. The molecule has 0 spiro atoms. The Morgan fingerprint density at radius 2 is 2.13 bits per heavy atom. The molecule has 1 N–H and O–H groups in total. The summed E-state index contributed by atoms with van der Waals surface area (Å²) in [6.45, 7) is 1.95. The predicted octanol–water partition coefficient (Wildman–Crippen LogP) is 2.77. The summed E-state index contributed by atoms with van der Waals surface area (Å²) in [6, 6.07) is 1.74. The van der Waals surface area contributed by atoms with Gasteiger partial charge in [-0.2, -0.15) is 13.2 Å². The van der Waals surface area contributed by atoms with Gasteiger partial charge in [-0.15, -0.1) is 0 Å². The largest absolute Gasteiger partial charge is 0.468 e. The molecule has 15 heavy (non-hydrogen) atoms. The number of alkyl halides is 3. The van der Waals surface area contributed by atoms with E-state index >= 15 is 0 Å². The van der Waals surface area contributed by atoms with Gasteiger partial charge in [-0.3, -0.25) is 5.32 Å². The monoisotopic (exact) mass is 219 g/mol. The molecular weight excluding hydrogens is 207 g/mol. The fourth-order valence-electron chi connectivity index (χ4n) is 1.52. The first-order chi connectivity index (χ1) is 6.95. The zero-order valence-electron chi connectivity index (χ0n) is 8.32. The molecule has 0 radical (unpaired) electrons. The number of furan rings is 1. The highest BCUT2D eigenvalue weighted by Gasteiger charge is 2.63. The zero-order chi connectivity index (χ0) is 11.1. The summed E-state index contributed by atoms with van der Waals surface area (Å²) >= 11 is 0. The third kappa shape index (κ3) is 1.88. The Labute approximate surface area is 85.5 Å². The van der Waals surface area contributed by atoms with Crippen molar-refractivity contribution in [1.29, 1.82) is 0 Å². The van der Waals surface area contributed by atoms with Crippen LogP contribution >= 0.6 is 0 Å². The second-order valence-corrected chi connectivity index (χ2v) is 3.96. The van der Waals surface area contributed by atoms with E-state index in [9.17, 15) is 13.2 Å². The lowest BCUT2D eigenvalue weighted by Gasteiger charge is -2.20. The van der Waals surface area contributed by atoms with Crippen LogP contribution in [0.3, 0.4) is 0 Å². The van der Waals surface area contributed by atoms with E-state index in [1.54, 1.807) is 6.07 Å². The van der Waals surface area contributed by atoms with Gasteiger partial charge in [-0.25, -0.2) is 0 Å². The fourth-order valence-corrected chi connectivity index (χ4v) is 1.52. The minimum atomic E-state index is -4.16. The molecule has 1 aliphatic rings. The van der Waals surface area contributed by atoms with Crippen LogP contribution in [0, 0.1) is 6.92 Å². The highest BCUT2D eigenvalue weighted by Crippen LogP contribution is 2.49. The summed E-state index contributed by atoms with van der Waals surface area (Å²) < 4.78 is 42.7. The molecule has 5 heteroatoms. The van der Waals surface area contributed by atoms with E-state index in [1.807, 2.05) is 6.92 Å². The van der Waals surface area contributed by atoms with Gasteiger partial charge >= 0.3 is 6.18 Å². The van der Waals surface area contributed by atoms with E-state index in [1.165, 1.54) is 6.26 Å². The number of rotatable bonds is 3. The molecule has 0 unspecified atom stereocenters. The first kappa shape index (κ1) is 10.5. The lowest BCUT2D eigenvalue weighted by Crippen LogP contribution is -2.44. The third-order valence-corrected chi connectivity index (χ3v) is 2.85. The van der Waals surface area contributed by atoms with E-state index in [4.69, 9.17) is 4.42 Å². The summed E-state index contributed by atoms with van der Waals surface area (Å²) in [7, 11) is 0. The molecule has 1 heterocycles. The van der Waals surface area contributed by atoms with Crippen molar-refractivity contribution in [1.82, 2.24) is 5.32 Å². The Hall–Kier alpha value is -0.970. The molecule has 2 rings (SSSR count). The van der Waals surface area contributed by atoms with Crippen LogP contribution < -0.4 is 5.32 Å². The molecule has 2 nitrogen and oxygen atoms in total. The van der Waals surface area contributed by atoms with Crippen LogP contribution in [0.2, 0.25) is 0 Å². The molecule has 0 saturated heterocycles. The minimum Gasteiger partial charge on any atom is -0.468 e. The van der Waals surface area contributed by atoms with Gasteiger partial charge in [0.05, 0.1) is 12.8 Å². The van der Waals surface area contributed by atoms with Gasteiger partial charge in [-0.05, 0) is 31.4 Å². The van der Waals surface area contributed by atoms with E-state index < -0.39 is 11.7 Å². The van der Waals surface area contributed by atoms with Gasteiger partial charge in [0, 0.05) is 0 Å². The third-order valence-electron chi connectivity index (χ3n) is 2.85. The van der Waals surface area contributed by atoms with Crippen LogP contribution in [0.5, 0.6) is 0 Å². The number of nitrogens with one attached hydrogen (secondary N) is 1. The van der Waals surface area contributed by atoms with Crippen LogP contribution in [-0.2, 0) is 6.54 Å². The first-order valence-corrected chi connectivity index (χ1v) is 4.79. The average Bonchev–Trinajstić information content (AvgIpc) is 2.82. The van der Waals surface area contributed by atoms with Crippen LogP contribution in [0.25, 0.3) is 0 Å². The topological polar surface area (TPSA) is 25.2 Å². The number of halogens is 3. The lowest BCUT2D eigenvalue weighted by molar-refractivity contribution is -0.166. The standard InChI is InChI=1S/C10H12F3NO/c1-7-2-5-15-8(7)6-14-9(3-4-9)10(11,12)13/h2,5,14H,3-4,6H2,1H3. The van der Waals surface area contributed by atoms with Gasteiger partial charge in [0.2, 0.25) is 0 Å². The molecule has 0 bridgehead atoms. The SMILES string of the molecule is Cc1ccoc1CNC1(C(F)(F)F)CC1. The Morgan fingerprint density at radius 3 is 2.53 bits per heavy atom. The maximum atomic E-state index is 12.5. The highest BCUT2D eigenvalue weighted by atomic mass is 19.4. The molecule has 1 aromatic rings. The summed E-state index contributed by atoms with van der Waals surface area (Å²) in [5.74, 6) is 0.575. The Morgan fingerprint density at radius 1 is 1.47 bits per heavy atom. The predicted molar refractivity (Wildman–Crippen MR) is 48.3 cm³/mol. The van der Waals surface area contributed by atoms with Gasteiger partial charge in [0.25, 0.3) is 0 Å². The summed E-state index contributed by atoms with van der Waals surface area (Å²) in [5.41, 5.74) is -0.785. The molecule has 1 saturated carbocycles. The molecule has 1 aromatic heterocycles. The van der Waals surface area contributed by atoms with E-state index in [0.29, 0.717) is 5.76 Å². The molecule has 84 valence electrons. The van der Waals surface area contributed by atoms with Gasteiger partial charge in [-0.1, -0.05) is 0 Å². The van der Waals surface area contributed by atoms with Gasteiger partial charge in [0.1, 0.15) is 11.3 Å². The van der Waals surface area contributed by atoms with E-state index in [0.717, 1.165) is 5.56 Å². The van der Waals surface area contributed by atoms with Crippen LogP contribution in [0.1, 0.15) is 24.2 Å². The number of hydrogen-bond donors (Lipinski definition) is 1. The van der Waals surface area contributed by atoms with Crippen molar-refractivity contribution in [2.24, 2.45) is 0 Å². The van der Waals surface area contributed by atoms with Crippen molar-refractivity contribution in [2.45, 2.75) is 38.0 Å². The Balaban J connectivity index is 1.97. The molecular formula is C10H12F3NO. The van der Waals surface area contributed by atoms with Gasteiger partial charge in [0.15, 0.2) is 0 Å². The fraction of sp³-hybridized carbons (Fsp3) is 0.600. The van der Waals surface area contributed by atoms with E-state index in [-0.39, 0.29) is 19.4 Å². The van der Waals surface area contributed by atoms with Crippen molar-refractivity contribution < 1.29 is 17.6 Å². The first-order valence-electron chi connectivity index (χ1n) is 4.79. The quantitative estimate of drug-likeness (QED) is 0.845. The molecule has 0 aliphatic heterocycles. The van der Waals surface area contributed by atoms with Crippen LogP contribution in [0.15, 0.2) is 16.7 Å². The second-order valence-electron chi connectivity index (χ2n) is 3.96. The van der Waals surface area contributed by atoms with E-state index in [2.05, 4.69) is 5.32 Å². The van der Waals surface area contributed by atoms with Crippen molar-refractivity contribution >= 4 is 0 Å². The summed E-state index contributed by atoms with van der Waals surface area (Å²) in [5, 5.41) is 2.53. The lowest BCUT2D eigenvalue weighted by atomic mass is 10.2. The van der Waals surface area contributed by atoms with Crippen LogP contribution in [0.4, 0.5) is 13.2 Å². The Bertz CT molecular complexity index is 352. The zero-order valence-corrected chi connectivity index (χ0v) is 8.32. The minimum absolute atomic E-state index is 0.137. The second kappa shape index (κ2) is 3.27. The highest BCUT2D eigenvalue weighted by molar-refractivity contribution is 5.16. The normalized spacial score (nSPS) is 19.2. The van der Waals surface area contributed by atoms with Crippen molar-refractivity contribution in [3.8, 4) is 0 Å². The summed E-state index contributed by atoms with van der Waals surface area (Å²) in [4.78, 5) is 0. The molecule has 1 aliphatic carbocycles. The Kier molecular flexibility index (Phi) is 2.30. The molecule has 0 atom stereocenters. The number of hydrogen-bond acceptors (Lipinski definition) is 2. The maximum Gasteiger partial charge on any atom is 0.406 e. The van der Waals surface area contributed by atoms with Crippen molar-refractivity contribution in [3.63, 3.8) is 0 Å². The molecule has 0 amide bonds. The summed E-state index contributed by atoms with van der Waals surface area (Å²) in [6.07, 6.45) is -2.35. The molecule has 1 fully saturated rings. The van der Waals surface area contributed by atoms with Crippen LogP contribution in [-0.4, -0.2) is 11.7 Å². The average molecular weight is 219 g/mol. The van der Waals surface area contributed by atoms with Gasteiger partial charge < -0.3 is 4.42 Å². The van der Waals surface area contributed by atoms with Crippen molar-refractivity contribution in [3.05, 3.63) is 23.7 Å². The van der Waals surface area contributed by atoms with Crippen molar-refractivity contribution in [2.75, 3.05) is 0 Å². The maximum absolute atomic E-state index is 12.5. The number of aryl methyl sites for hydroxylation is 1.